The average Bonchev–Trinajstić information content (AvgIpc) is 3.69. The molecule has 0 radical (unpaired) electrons. The summed E-state index contributed by atoms with van der Waals surface area (Å²) in [7, 11) is 0. The fourth-order valence-electron chi connectivity index (χ4n) is 4.42. The lowest BCUT2D eigenvalue weighted by Gasteiger charge is -2.28. The Morgan fingerprint density at radius 2 is 1.80 bits per heavy atom. The Morgan fingerprint density at radius 3 is 2.61 bits per heavy atom. The molecule has 12 heteroatoms. The number of tetrazole rings is 1. The monoisotopic (exact) mass is 583 g/mol. The molecule has 0 amide bonds. The predicted molar refractivity (Wildman–Crippen MR) is 157 cm³/mol. The van der Waals surface area contributed by atoms with E-state index in [9.17, 15) is 4.79 Å². The first-order valence-electron chi connectivity index (χ1n) is 12.9. The number of nitrogens with zero attached hydrogens (tertiary/aromatic N) is 6. The van der Waals surface area contributed by atoms with E-state index in [-0.39, 0.29) is 6.61 Å². The second-order valence-corrected chi connectivity index (χ2v) is 11.2. The molecule has 0 saturated heterocycles. The topological polar surface area (TPSA) is 117 Å². The van der Waals surface area contributed by atoms with Crippen molar-refractivity contribution >= 4 is 35.0 Å². The molecule has 3 heterocycles. The van der Waals surface area contributed by atoms with Gasteiger partial charge in [0.1, 0.15) is 23.4 Å². The third-order valence-electron chi connectivity index (χ3n) is 6.28. The zero-order chi connectivity index (χ0) is 28.0. The van der Waals surface area contributed by atoms with Gasteiger partial charge >= 0.3 is 5.97 Å². The summed E-state index contributed by atoms with van der Waals surface area (Å²) in [5, 5.41) is 25.0. The molecule has 1 aliphatic heterocycles. The Hall–Kier alpha value is -4.55. The number of aromatic nitrogens is 6. The van der Waals surface area contributed by atoms with Crippen LogP contribution in [0.25, 0.3) is 10.6 Å². The number of thioether (sulfide) groups is 1. The van der Waals surface area contributed by atoms with Crippen LogP contribution in [0.15, 0.2) is 101 Å². The molecule has 41 heavy (non-hydrogen) atoms. The highest BCUT2D eigenvalue weighted by Gasteiger charge is 2.36. The van der Waals surface area contributed by atoms with E-state index < -0.39 is 12.0 Å². The van der Waals surface area contributed by atoms with Gasteiger partial charge in [0.2, 0.25) is 5.95 Å². The molecule has 3 aromatic carbocycles. The van der Waals surface area contributed by atoms with Crippen LogP contribution in [0.3, 0.4) is 0 Å². The Labute approximate surface area is 244 Å². The zero-order valence-electron chi connectivity index (χ0n) is 22.0. The summed E-state index contributed by atoms with van der Waals surface area (Å²) < 4.78 is 14.0. The number of fused-ring (bicyclic) bond motifs is 1. The normalized spacial score (nSPS) is 14.3. The van der Waals surface area contributed by atoms with Gasteiger partial charge in [0.25, 0.3) is 0 Å². The minimum atomic E-state index is -0.620. The van der Waals surface area contributed by atoms with Crippen LogP contribution >= 0.6 is 23.1 Å². The van der Waals surface area contributed by atoms with Crippen molar-refractivity contribution in [2.45, 2.75) is 23.9 Å². The highest BCUT2D eigenvalue weighted by Crippen LogP contribution is 2.38. The van der Waals surface area contributed by atoms with E-state index in [1.54, 1.807) is 11.6 Å². The maximum absolute atomic E-state index is 13.5. The van der Waals surface area contributed by atoms with Gasteiger partial charge < -0.3 is 14.8 Å². The Kier molecular flexibility index (Phi) is 8.01. The highest BCUT2D eigenvalue weighted by atomic mass is 32.2. The number of ether oxygens (including phenoxy) is 2. The average molecular weight is 584 g/mol. The van der Waals surface area contributed by atoms with Gasteiger partial charge in [-0.3, -0.25) is 0 Å². The molecule has 0 aliphatic carbocycles. The van der Waals surface area contributed by atoms with Crippen LogP contribution in [0.1, 0.15) is 24.1 Å². The molecule has 0 bridgehead atoms. The Bertz CT molecular complexity index is 1670. The van der Waals surface area contributed by atoms with Crippen LogP contribution in [-0.2, 0) is 16.1 Å². The van der Waals surface area contributed by atoms with Crippen LogP contribution in [-0.4, -0.2) is 48.7 Å². The molecule has 0 fully saturated rings. The SMILES string of the molecule is CCOC(=O)C1=C(CSc2nnc(-c3ccccc3)s2)Nc2nnnn2C1c1cccc(OCc2ccccc2)c1. The van der Waals surface area contributed by atoms with Crippen LogP contribution in [0.5, 0.6) is 5.75 Å². The van der Waals surface area contributed by atoms with Gasteiger partial charge in [-0.05, 0) is 40.6 Å². The molecule has 0 saturated carbocycles. The fraction of sp³-hybridized carbons (Fsp3) is 0.172. The minimum absolute atomic E-state index is 0.231. The summed E-state index contributed by atoms with van der Waals surface area (Å²) >= 11 is 2.98. The summed E-state index contributed by atoms with van der Waals surface area (Å²) in [6.07, 6.45) is 0. The van der Waals surface area contributed by atoms with Gasteiger partial charge in [-0.1, -0.05) is 101 Å². The van der Waals surface area contributed by atoms with E-state index >= 15 is 0 Å². The molecule has 10 nitrogen and oxygen atoms in total. The number of anilines is 1. The van der Waals surface area contributed by atoms with Crippen molar-refractivity contribution in [3.8, 4) is 16.3 Å². The Balaban J connectivity index is 1.31. The molecule has 5 aromatic rings. The molecule has 1 N–H and O–H groups in total. The molecule has 1 aliphatic rings. The molecule has 206 valence electrons. The summed E-state index contributed by atoms with van der Waals surface area (Å²) in [6.45, 7) is 2.43. The summed E-state index contributed by atoms with van der Waals surface area (Å²) in [5.41, 5.74) is 3.92. The van der Waals surface area contributed by atoms with Crippen LogP contribution in [0, 0.1) is 0 Å². The van der Waals surface area contributed by atoms with Crippen LogP contribution < -0.4 is 10.1 Å². The standard InChI is InChI=1S/C29H25N7O3S2/c1-2-38-27(37)24-23(18-40-29-33-31-26(41-29)20-12-7-4-8-13-20)30-28-32-34-35-36(28)25(24)21-14-9-15-22(16-21)39-17-19-10-5-3-6-11-19/h3-16,25H,2,17-18H2,1H3,(H,30,32,35). The van der Waals surface area contributed by atoms with Crippen molar-refractivity contribution in [1.82, 2.24) is 30.4 Å². The number of carbonyl (C=O) groups excluding carboxylic acids is 1. The second-order valence-electron chi connectivity index (χ2n) is 8.96. The van der Waals surface area contributed by atoms with E-state index in [1.165, 1.54) is 23.1 Å². The largest absolute Gasteiger partial charge is 0.489 e. The lowest BCUT2D eigenvalue weighted by molar-refractivity contribution is -0.139. The summed E-state index contributed by atoms with van der Waals surface area (Å²) in [4.78, 5) is 13.5. The van der Waals surface area contributed by atoms with E-state index in [0.29, 0.717) is 35.3 Å². The first-order valence-corrected chi connectivity index (χ1v) is 14.7. The lowest BCUT2D eigenvalue weighted by Crippen LogP contribution is -2.31. The maximum Gasteiger partial charge on any atom is 0.338 e. The number of hydrogen-bond acceptors (Lipinski definition) is 11. The number of esters is 1. The third kappa shape index (κ3) is 5.98. The van der Waals surface area contributed by atoms with Crippen molar-refractivity contribution in [3.63, 3.8) is 0 Å². The summed E-state index contributed by atoms with van der Waals surface area (Å²) in [6, 6.07) is 26.8. The Morgan fingerprint density at radius 1 is 1.00 bits per heavy atom. The van der Waals surface area contributed by atoms with Gasteiger partial charge in [0.15, 0.2) is 4.34 Å². The fourth-order valence-corrected chi connectivity index (χ4v) is 6.25. The van der Waals surface area contributed by atoms with Crippen molar-refractivity contribution in [2.24, 2.45) is 0 Å². The van der Waals surface area contributed by atoms with Gasteiger partial charge in [-0.2, -0.15) is 4.68 Å². The van der Waals surface area contributed by atoms with E-state index in [4.69, 9.17) is 9.47 Å². The van der Waals surface area contributed by atoms with Crippen molar-refractivity contribution < 1.29 is 14.3 Å². The van der Waals surface area contributed by atoms with Gasteiger partial charge in [0.05, 0.1) is 12.2 Å². The minimum Gasteiger partial charge on any atom is -0.489 e. The molecular formula is C29H25N7O3S2. The first-order chi connectivity index (χ1) is 20.2. The summed E-state index contributed by atoms with van der Waals surface area (Å²) in [5.74, 6) is 1.06. The predicted octanol–water partition coefficient (Wildman–Crippen LogP) is 5.40. The number of rotatable bonds is 10. The number of benzene rings is 3. The van der Waals surface area contributed by atoms with E-state index in [2.05, 4.69) is 31.0 Å². The number of carbonyl (C=O) groups is 1. The molecule has 1 unspecified atom stereocenters. The van der Waals surface area contributed by atoms with Gasteiger partial charge in [-0.25, -0.2) is 4.79 Å². The van der Waals surface area contributed by atoms with Crippen LogP contribution in [0.4, 0.5) is 5.95 Å². The van der Waals surface area contributed by atoms with Crippen molar-refractivity contribution in [2.75, 3.05) is 17.7 Å². The van der Waals surface area contributed by atoms with Crippen LogP contribution in [0.2, 0.25) is 0 Å². The van der Waals surface area contributed by atoms with Crippen molar-refractivity contribution in [1.29, 1.82) is 0 Å². The van der Waals surface area contributed by atoms with Gasteiger partial charge in [0, 0.05) is 17.0 Å². The molecule has 6 rings (SSSR count). The second kappa shape index (κ2) is 12.3. The third-order valence-corrected chi connectivity index (χ3v) is 8.42. The van der Waals surface area contributed by atoms with E-state index in [0.717, 1.165) is 26.0 Å². The number of nitrogens with one attached hydrogen (secondary N) is 1. The molecular weight excluding hydrogens is 558 g/mol. The van der Waals surface area contributed by atoms with E-state index in [1.807, 2.05) is 84.9 Å². The van der Waals surface area contributed by atoms with Gasteiger partial charge in [-0.15, -0.1) is 10.2 Å². The lowest BCUT2D eigenvalue weighted by atomic mass is 9.95. The molecule has 2 aromatic heterocycles. The quantitative estimate of drug-likeness (QED) is 0.169. The number of hydrogen-bond donors (Lipinski definition) is 1. The molecule has 0 spiro atoms. The maximum atomic E-state index is 13.5. The smallest absolute Gasteiger partial charge is 0.338 e. The zero-order valence-corrected chi connectivity index (χ0v) is 23.6. The van der Waals surface area contributed by atoms with Crippen molar-refractivity contribution in [3.05, 3.63) is 107 Å². The first kappa shape index (κ1) is 26.7. The highest BCUT2D eigenvalue weighted by molar-refractivity contribution is 8.01. The molecule has 1 atom stereocenters.